The van der Waals surface area contributed by atoms with Gasteiger partial charge in [-0.1, -0.05) is 0 Å². The lowest BCUT2D eigenvalue weighted by atomic mass is 10.0. The number of aliphatic hydroxyl groups excluding tert-OH is 2. The molecule has 2 atom stereocenters. The van der Waals surface area contributed by atoms with Gasteiger partial charge >= 0.3 is 0 Å². The second kappa shape index (κ2) is 5.83. The monoisotopic (exact) mass is 232 g/mol. The van der Waals surface area contributed by atoms with Crippen LogP contribution in [0.15, 0.2) is 12.3 Å². The molecule has 0 bridgehead atoms. The van der Waals surface area contributed by atoms with Gasteiger partial charge in [0, 0.05) is 11.8 Å². The Morgan fingerprint density at radius 3 is 2.69 bits per heavy atom. The van der Waals surface area contributed by atoms with Gasteiger partial charge in [0.2, 0.25) is 5.95 Å². The van der Waals surface area contributed by atoms with E-state index in [0.717, 1.165) is 12.3 Å². The van der Waals surface area contributed by atoms with Crippen molar-refractivity contribution < 1.29 is 19.0 Å². The number of halogens is 2. The molecule has 1 rings (SSSR count). The number of hydrogen-bond acceptors (Lipinski definition) is 4. The molecule has 0 fully saturated rings. The van der Waals surface area contributed by atoms with E-state index >= 15 is 0 Å². The molecular weight excluding hydrogens is 218 g/mol. The van der Waals surface area contributed by atoms with Crippen LogP contribution in [0.2, 0.25) is 0 Å². The summed E-state index contributed by atoms with van der Waals surface area (Å²) in [5.74, 6) is -2.36. The molecule has 16 heavy (non-hydrogen) atoms. The van der Waals surface area contributed by atoms with Gasteiger partial charge in [0.1, 0.15) is 6.10 Å². The standard InChI is InChI=1S/C10H14F2N2O2/c1-13-3-2-8(15)9(16)6-4-7(11)10(12)14-5-6/h4-5,8-9,13,15-16H,2-3H2,1H3. The van der Waals surface area contributed by atoms with Gasteiger partial charge in [0.15, 0.2) is 5.82 Å². The molecule has 0 radical (unpaired) electrons. The van der Waals surface area contributed by atoms with Crippen LogP contribution >= 0.6 is 0 Å². The van der Waals surface area contributed by atoms with Crippen LogP contribution in [-0.2, 0) is 0 Å². The van der Waals surface area contributed by atoms with Crippen molar-refractivity contribution in [2.75, 3.05) is 13.6 Å². The third-order valence-corrected chi connectivity index (χ3v) is 2.21. The molecule has 0 aliphatic carbocycles. The summed E-state index contributed by atoms with van der Waals surface area (Å²) in [7, 11) is 1.71. The third kappa shape index (κ3) is 3.19. The summed E-state index contributed by atoms with van der Waals surface area (Å²) in [6.07, 6.45) is -1.00. The van der Waals surface area contributed by atoms with Crippen LogP contribution in [0.3, 0.4) is 0 Å². The van der Waals surface area contributed by atoms with Crippen molar-refractivity contribution in [2.24, 2.45) is 0 Å². The first-order chi connectivity index (χ1) is 7.56. The van der Waals surface area contributed by atoms with Crippen molar-refractivity contribution in [1.82, 2.24) is 10.3 Å². The SMILES string of the molecule is CNCCC(O)C(O)c1cnc(F)c(F)c1. The molecule has 1 aromatic rings. The Balaban J connectivity index is 2.71. The Bertz CT molecular complexity index is 350. The summed E-state index contributed by atoms with van der Waals surface area (Å²) >= 11 is 0. The Morgan fingerprint density at radius 2 is 2.12 bits per heavy atom. The molecule has 0 amide bonds. The molecule has 0 aliphatic heterocycles. The summed E-state index contributed by atoms with van der Waals surface area (Å²) < 4.78 is 25.3. The molecule has 6 heteroatoms. The van der Waals surface area contributed by atoms with E-state index in [1.807, 2.05) is 0 Å². The van der Waals surface area contributed by atoms with Crippen molar-refractivity contribution in [1.29, 1.82) is 0 Å². The largest absolute Gasteiger partial charge is 0.390 e. The Morgan fingerprint density at radius 1 is 1.44 bits per heavy atom. The molecule has 90 valence electrons. The van der Waals surface area contributed by atoms with Gasteiger partial charge in [-0.25, -0.2) is 9.37 Å². The fourth-order valence-corrected chi connectivity index (χ4v) is 1.27. The van der Waals surface area contributed by atoms with E-state index in [2.05, 4.69) is 10.3 Å². The van der Waals surface area contributed by atoms with Gasteiger partial charge in [-0.05, 0) is 26.1 Å². The number of nitrogens with zero attached hydrogens (tertiary/aromatic N) is 1. The van der Waals surface area contributed by atoms with Crippen LogP contribution in [0.4, 0.5) is 8.78 Å². The lowest BCUT2D eigenvalue weighted by Gasteiger charge is -2.17. The van der Waals surface area contributed by atoms with Gasteiger partial charge in [-0.15, -0.1) is 0 Å². The number of aromatic nitrogens is 1. The maximum absolute atomic E-state index is 12.8. The molecule has 0 aliphatic rings. The van der Waals surface area contributed by atoms with Crippen molar-refractivity contribution in [3.05, 3.63) is 29.6 Å². The maximum Gasteiger partial charge on any atom is 0.248 e. The van der Waals surface area contributed by atoms with E-state index in [1.165, 1.54) is 0 Å². The van der Waals surface area contributed by atoms with Gasteiger partial charge in [0.05, 0.1) is 6.10 Å². The van der Waals surface area contributed by atoms with Gasteiger partial charge in [-0.3, -0.25) is 0 Å². The summed E-state index contributed by atoms with van der Waals surface area (Å²) in [5, 5.41) is 22.0. The first-order valence-corrected chi connectivity index (χ1v) is 4.88. The predicted molar refractivity (Wildman–Crippen MR) is 53.7 cm³/mol. The van der Waals surface area contributed by atoms with Crippen molar-refractivity contribution >= 4 is 0 Å². The minimum absolute atomic E-state index is 0.0579. The van der Waals surface area contributed by atoms with E-state index in [9.17, 15) is 19.0 Å². The molecule has 1 heterocycles. The van der Waals surface area contributed by atoms with E-state index in [-0.39, 0.29) is 5.56 Å². The fraction of sp³-hybridized carbons (Fsp3) is 0.500. The molecule has 1 aromatic heterocycles. The highest BCUT2D eigenvalue weighted by Crippen LogP contribution is 2.19. The number of pyridine rings is 1. The molecule has 2 unspecified atom stereocenters. The van der Waals surface area contributed by atoms with E-state index in [0.29, 0.717) is 13.0 Å². The van der Waals surface area contributed by atoms with Crippen LogP contribution < -0.4 is 5.32 Å². The minimum atomic E-state index is -1.27. The van der Waals surface area contributed by atoms with Gasteiger partial charge < -0.3 is 15.5 Å². The number of hydrogen-bond donors (Lipinski definition) is 3. The second-order valence-electron chi connectivity index (χ2n) is 3.45. The highest BCUT2D eigenvalue weighted by Gasteiger charge is 2.19. The van der Waals surface area contributed by atoms with Crippen LogP contribution in [0, 0.1) is 11.8 Å². The topological polar surface area (TPSA) is 65.4 Å². The average molecular weight is 232 g/mol. The molecular formula is C10H14F2N2O2. The first kappa shape index (κ1) is 13.0. The lowest BCUT2D eigenvalue weighted by molar-refractivity contribution is 0.0135. The van der Waals surface area contributed by atoms with E-state index in [4.69, 9.17) is 0 Å². The summed E-state index contributed by atoms with van der Waals surface area (Å²) in [5.41, 5.74) is 0.0579. The number of aliphatic hydroxyl groups is 2. The second-order valence-corrected chi connectivity index (χ2v) is 3.45. The van der Waals surface area contributed by atoms with Crippen LogP contribution in [0.5, 0.6) is 0 Å². The Kier molecular flexibility index (Phi) is 4.72. The van der Waals surface area contributed by atoms with Crippen molar-refractivity contribution in [3.8, 4) is 0 Å². The summed E-state index contributed by atoms with van der Waals surface area (Å²) in [4.78, 5) is 3.13. The zero-order chi connectivity index (χ0) is 12.1. The molecule has 3 N–H and O–H groups in total. The van der Waals surface area contributed by atoms with E-state index < -0.39 is 24.0 Å². The highest BCUT2D eigenvalue weighted by atomic mass is 19.2. The number of rotatable bonds is 5. The zero-order valence-electron chi connectivity index (χ0n) is 8.82. The van der Waals surface area contributed by atoms with Gasteiger partial charge in [0.25, 0.3) is 0 Å². The zero-order valence-corrected chi connectivity index (χ0v) is 8.82. The smallest absolute Gasteiger partial charge is 0.248 e. The summed E-state index contributed by atoms with van der Waals surface area (Å²) in [6.45, 7) is 0.509. The average Bonchev–Trinajstić information content (AvgIpc) is 2.28. The Hall–Kier alpha value is -1.11. The van der Waals surface area contributed by atoms with Crippen LogP contribution in [-0.4, -0.2) is 34.9 Å². The molecule has 0 aromatic carbocycles. The van der Waals surface area contributed by atoms with Gasteiger partial charge in [-0.2, -0.15) is 4.39 Å². The summed E-state index contributed by atoms with van der Waals surface area (Å²) in [6, 6.07) is 0.829. The first-order valence-electron chi connectivity index (χ1n) is 4.88. The quantitative estimate of drug-likeness (QED) is 0.641. The number of nitrogens with one attached hydrogen (secondary N) is 1. The molecule has 0 saturated heterocycles. The third-order valence-electron chi connectivity index (χ3n) is 2.21. The van der Waals surface area contributed by atoms with Crippen molar-refractivity contribution in [3.63, 3.8) is 0 Å². The van der Waals surface area contributed by atoms with Crippen molar-refractivity contribution in [2.45, 2.75) is 18.6 Å². The predicted octanol–water partition coefficient (Wildman–Crippen LogP) is 0.364. The molecule has 0 spiro atoms. The van der Waals surface area contributed by atoms with Crippen LogP contribution in [0.25, 0.3) is 0 Å². The lowest BCUT2D eigenvalue weighted by Crippen LogP contribution is -2.23. The minimum Gasteiger partial charge on any atom is -0.390 e. The highest BCUT2D eigenvalue weighted by molar-refractivity contribution is 5.15. The van der Waals surface area contributed by atoms with Crippen LogP contribution in [0.1, 0.15) is 18.1 Å². The fourth-order valence-electron chi connectivity index (χ4n) is 1.27. The maximum atomic E-state index is 12.8. The normalized spacial score (nSPS) is 14.8. The molecule has 0 saturated carbocycles. The molecule has 4 nitrogen and oxygen atoms in total. The van der Waals surface area contributed by atoms with E-state index in [1.54, 1.807) is 7.05 Å². The Labute approximate surface area is 91.9 Å².